The first kappa shape index (κ1) is 25.4. The highest BCUT2D eigenvalue weighted by Gasteiger charge is 2.31. The minimum absolute atomic E-state index is 0.0206. The van der Waals surface area contributed by atoms with Gasteiger partial charge in [0.05, 0.1) is 36.5 Å². The molecule has 0 saturated carbocycles. The van der Waals surface area contributed by atoms with Crippen LogP contribution in [0.15, 0.2) is 24.7 Å². The lowest BCUT2D eigenvalue weighted by atomic mass is 9.86. The fourth-order valence-electron chi connectivity index (χ4n) is 5.07. The average Bonchev–Trinajstić information content (AvgIpc) is 3.50. The van der Waals surface area contributed by atoms with Gasteiger partial charge in [-0.3, -0.25) is 9.89 Å². The van der Waals surface area contributed by atoms with E-state index < -0.39 is 0 Å². The van der Waals surface area contributed by atoms with E-state index in [0.29, 0.717) is 25.3 Å². The van der Waals surface area contributed by atoms with E-state index in [0.717, 1.165) is 58.4 Å². The number of carbonyl (C=O) groups excluding carboxylic acids is 1. The number of aliphatic hydroxyl groups excluding tert-OH is 1. The monoisotopic (exact) mass is 523 g/mol. The van der Waals surface area contributed by atoms with Gasteiger partial charge in [-0.25, -0.2) is 9.97 Å². The molecule has 1 atom stereocenters. The summed E-state index contributed by atoms with van der Waals surface area (Å²) in [6.45, 7) is 1.93. The molecule has 5 rings (SSSR count). The number of thiophene rings is 1. The smallest absolute Gasteiger partial charge is 0.226 e. The number of aromatic amines is 1. The summed E-state index contributed by atoms with van der Waals surface area (Å²) in [5.41, 5.74) is 2.92. The van der Waals surface area contributed by atoms with Crippen molar-refractivity contribution in [1.82, 2.24) is 30.0 Å². The number of aromatic nitrogens is 4. The molecule has 1 aliphatic carbocycles. The summed E-state index contributed by atoms with van der Waals surface area (Å²) in [5.74, 6) is 1.48. The van der Waals surface area contributed by atoms with E-state index in [1.54, 1.807) is 31.0 Å². The lowest BCUT2D eigenvalue weighted by Crippen LogP contribution is -2.41. The molecule has 1 aromatic carbocycles. The third-order valence-corrected chi connectivity index (χ3v) is 8.09. The van der Waals surface area contributed by atoms with Crippen molar-refractivity contribution in [3.8, 4) is 5.75 Å². The lowest BCUT2D eigenvalue weighted by molar-refractivity contribution is -0.136. The number of methoxy groups -OCH3 is 1. The molecule has 1 amide bonds. The number of ether oxygens (including phenoxy) is 1. The van der Waals surface area contributed by atoms with Gasteiger partial charge in [-0.05, 0) is 58.0 Å². The van der Waals surface area contributed by atoms with Gasteiger partial charge >= 0.3 is 0 Å². The van der Waals surface area contributed by atoms with Crippen molar-refractivity contribution in [2.24, 2.45) is 5.92 Å². The predicted octanol–water partition coefficient (Wildman–Crippen LogP) is 3.20. The van der Waals surface area contributed by atoms with E-state index in [9.17, 15) is 9.90 Å². The summed E-state index contributed by atoms with van der Waals surface area (Å²) in [4.78, 5) is 28.6. The number of nitrogens with zero attached hydrogens (tertiary/aromatic N) is 5. The Balaban J connectivity index is 1.39. The number of amides is 1. The summed E-state index contributed by atoms with van der Waals surface area (Å²) in [7, 11) is 5.70. The van der Waals surface area contributed by atoms with E-state index in [2.05, 4.69) is 30.4 Å². The minimum atomic E-state index is -0.0839. The van der Waals surface area contributed by atoms with Crippen molar-refractivity contribution in [2.45, 2.75) is 25.7 Å². The maximum absolute atomic E-state index is 13.4. The molecule has 1 unspecified atom stereocenters. The molecule has 4 aromatic rings. The molecule has 3 aromatic heterocycles. The van der Waals surface area contributed by atoms with Gasteiger partial charge in [0, 0.05) is 35.3 Å². The molecule has 0 bridgehead atoms. The number of anilines is 2. The highest BCUT2D eigenvalue weighted by atomic mass is 32.1. The van der Waals surface area contributed by atoms with Crippen molar-refractivity contribution < 1.29 is 14.6 Å². The number of benzene rings is 1. The Hall–Kier alpha value is -3.28. The quantitative estimate of drug-likeness (QED) is 0.290. The first-order valence-electron chi connectivity index (χ1n) is 12.6. The van der Waals surface area contributed by atoms with E-state index in [1.807, 2.05) is 31.1 Å². The Morgan fingerprint density at radius 3 is 2.92 bits per heavy atom. The molecule has 0 fully saturated rings. The van der Waals surface area contributed by atoms with Gasteiger partial charge in [-0.15, -0.1) is 11.3 Å². The van der Waals surface area contributed by atoms with Crippen molar-refractivity contribution >= 4 is 49.9 Å². The largest absolute Gasteiger partial charge is 0.494 e. The second kappa shape index (κ2) is 11.0. The molecule has 0 aliphatic heterocycles. The summed E-state index contributed by atoms with van der Waals surface area (Å²) < 4.78 is 5.61. The van der Waals surface area contributed by atoms with Gasteiger partial charge in [-0.1, -0.05) is 0 Å². The highest BCUT2D eigenvalue weighted by molar-refractivity contribution is 7.19. The molecule has 11 heteroatoms. The number of carbonyl (C=O) groups is 1. The van der Waals surface area contributed by atoms with E-state index in [4.69, 9.17) is 4.74 Å². The number of H-pyrrole nitrogens is 1. The number of fused-ring (bicyclic) bond motifs is 4. The van der Waals surface area contributed by atoms with Crippen LogP contribution in [0.25, 0.3) is 21.1 Å². The molecule has 196 valence electrons. The molecule has 0 spiro atoms. The fraction of sp³-hybridized carbons (Fsp3) is 0.462. The Labute approximate surface area is 219 Å². The van der Waals surface area contributed by atoms with Gasteiger partial charge in [0.2, 0.25) is 5.91 Å². The minimum Gasteiger partial charge on any atom is -0.494 e. The number of aliphatic hydroxyl groups is 1. The standard InChI is InChI=1S/C26H33N7O3S/c1-32(2)7-4-8-33(9-10-34)26(35)16-5-6-18-22(12-16)37-25-23(18)24(27-15-28-25)30-20-11-17-14-29-31-19(17)13-21(20)36-3/h11,13-16,34H,4-10,12H2,1-3H3,(H,29,31)(H,27,28,30). The van der Waals surface area contributed by atoms with Crippen LogP contribution < -0.4 is 10.1 Å². The zero-order valence-electron chi connectivity index (χ0n) is 21.5. The second-order valence-electron chi connectivity index (χ2n) is 9.69. The van der Waals surface area contributed by atoms with Crippen LogP contribution in [-0.4, -0.2) is 88.4 Å². The van der Waals surface area contributed by atoms with Crippen LogP contribution in [0.3, 0.4) is 0 Å². The number of aryl methyl sites for hydroxylation is 1. The summed E-state index contributed by atoms with van der Waals surface area (Å²) >= 11 is 1.64. The number of hydrogen-bond donors (Lipinski definition) is 3. The van der Waals surface area contributed by atoms with E-state index in [-0.39, 0.29) is 18.4 Å². The molecular formula is C26H33N7O3S. The first-order valence-corrected chi connectivity index (χ1v) is 13.4. The normalized spacial score (nSPS) is 15.3. The molecule has 10 nitrogen and oxygen atoms in total. The third kappa shape index (κ3) is 5.25. The zero-order chi connectivity index (χ0) is 25.9. The molecule has 1 aliphatic rings. The molecule has 0 radical (unpaired) electrons. The molecule has 3 N–H and O–H groups in total. The predicted molar refractivity (Wildman–Crippen MR) is 146 cm³/mol. The van der Waals surface area contributed by atoms with Gasteiger partial charge in [-0.2, -0.15) is 5.10 Å². The van der Waals surface area contributed by atoms with Crippen LogP contribution in [0.5, 0.6) is 5.75 Å². The Morgan fingerprint density at radius 2 is 2.14 bits per heavy atom. The first-order chi connectivity index (χ1) is 18.0. The number of rotatable bonds is 10. The van der Waals surface area contributed by atoms with Crippen LogP contribution in [0.1, 0.15) is 23.3 Å². The number of nitrogens with one attached hydrogen (secondary N) is 2. The molecule has 0 saturated heterocycles. The van der Waals surface area contributed by atoms with Crippen molar-refractivity contribution in [2.75, 3.05) is 52.8 Å². The van der Waals surface area contributed by atoms with Crippen molar-refractivity contribution in [3.63, 3.8) is 0 Å². The Kier molecular flexibility index (Phi) is 7.54. The van der Waals surface area contributed by atoms with E-state index >= 15 is 0 Å². The van der Waals surface area contributed by atoms with Crippen LogP contribution in [-0.2, 0) is 17.6 Å². The summed E-state index contributed by atoms with van der Waals surface area (Å²) in [6, 6.07) is 3.91. The van der Waals surface area contributed by atoms with Crippen LogP contribution in [0.4, 0.5) is 11.5 Å². The highest BCUT2D eigenvalue weighted by Crippen LogP contribution is 2.42. The third-order valence-electron chi connectivity index (χ3n) is 6.92. The van der Waals surface area contributed by atoms with Crippen LogP contribution >= 0.6 is 11.3 Å². The van der Waals surface area contributed by atoms with Crippen LogP contribution in [0, 0.1) is 5.92 Å². The maximum atomic E-state index is 13.4. The number of hydrogen-bond acceptors (Lipinski definition) is 9. The maximum Gasteiger partial charge on any atom is 0.226 e. The topological polar surface area (TPSA) is 119 Å². The second-order valence-corrected chi connectivity index (χ2v) is 10.8. The van der Waals surface area contributed by atoms with Gasteiger partial charge in [0.25, 0.3) is 0 Å². The van der Waals surface area contributed by atoms with Crippen molar-refractivity contribution in [3.05, 3.63) is 35.1 Å². The molecule has 3 heterocycles. The molecule has 37 heavy (non-hydrogen) atoms. The fourth-order valence-corrected chi connectivity index (χ4v) is 6.34. The zero-order valence-corrected chi connectivity index (χ0v) is 22.3. The van der Waals surface area contributed by atoms with Crippen LogP contribution in [0.2, 0.25) is 0 Å². The summed E-state index contributed by atoms with van der Waals surface area (Å²) in [5, 5.41) is 22.1. The Bertz CT molecular complexity index is 1400. The lowest BCUT2D eigenvalue weighted by Gasteiger charge is -2.29. The molecular weight excluding hydrogens is 490 g/mol. The average molecular weight is 524 g/mol. The van der Waals surface area contributed by atoms with Crippen molar-refractivity contribution in [1.29, 1.82) is 0 Å². The van der Waals surface area contributed by atoms with E-state index in [1.165, 1.54) is 10.4 Å². The summed E-state index contributed by atoms with van der Waals surface area (Å²) in [6.07, 6.45) is 6.49. The van der Waals surface area contributed by atoms with Gasteiger partial charge < -0.3 is 25.0 Å². The van der Waals surface area contributed by atoms with Gasteiger partial charge in [0.1, 0.15) is 22.7 Å². The SMILES string of the molecule is COc1cc2[nH]ncc2cc1Nc1ncnc2sc3c(c12)CCC(C(=O)N(CCO)CCCN(C)C)C3. The Morgan fingerprint density at radius 1 is 1.27 bits per heavy atom. The van der Waals surface area contributed by atoms with Gasteiger partial charge in [0.15, 0.2) is 0 Å².